The number of aromatic nitrogens is 2. The van der Waals surface area contributed by atoms with Crippen LogP contribution in [0.2, 0.25) is 0 Å². The highest BCUT2D eigenvalue weighted by atomic mass is 32.1. The molecule has 6 nitrogen and oxygen atoms in total. The number of hydrogen-bond donors (Lipinski definition) is 1. The van der Waals surface area contributed by atoms with E-state index in [-0.39, 0.29) is 17.9 Å². The SMILES string of the molecule is O=C1CCCCC(c2ccccc2-c2ccncc2)N1Cc1cccc(-c2nccs2)c1.O=C1CCCCCN1. The number of carbonyl (C=O) groups is 2. The molecule has 4 heterocycles. The summed E-state index contributed by atoms with van der Waals surface area (Å²) in [4.78, 5) is 34.5. The van der Waals surface area contributed by atoms with Crippen LogP contribution in [-0.4, -0.2) is 33.2 Å². The third-order valence-corrected chi connectivity index (χ3v) is 8.31. The molecular weight excluding hydrogens is 516 g/mol. The molecule has 0 spiro atoms. The van der Waals surface area contributed by atoms with Crippen LogP contribution >= 0.6 is 11.3 Å². The average molecular weight is 553 g/mol. The van der Waals surface area contributed by atoms with Crippen molar-refractivity contribution in [2.75, 3.05) is 6.54 Å². The molecule has 7 heteroatoms. The van der Waals surface area contributed by atoms with Gasteiger partial charge in [-0.1, -0.05) is 55.3 Å². The summed E-state index contributed by atoms with van der Waals surface area (Å²) in [5, 5.41) is 5.81. The van der Waals surface area contributed by atoms with Crippen LogP contribution in [0.3, 0.4) is 0 Å². The topological polar surface area (TPSA) is 75.2 Å². The molecule has 2 aromatic heterocycles. The predicted octanol–water partition coefficient (Wildman–Crippen LogP) is 7.19. The standard InChI is InChI=1S/C27H25N3OS.C6H11NO/c31-26-11-4-3-10-25(24-9-2-1-8-23(24)21-12-14-28-15-13-21)30(26)19-20-6-5-7-22(18-20)27-29-16-17-32-27;8-6-4-2-1-3-5-7-6/h1-2,5-9,12-18,25H,3-4,10-11,19H2;1-5H2,(H,7,8). The van der Waals surface area contributed by atoms with Crippen molar-refractivity contribution in [3.05, 3.63) is 95.8 Å². The minimum absolute atomic E-state index is 0.0536. The van der Waals surface area contributed by atoms with Gasteiger partial charge in [0.05, 0.1) is 6.04 Å². The third kappa shape index (κ3) is 7.21. The van der Waals surface area contributed by atoms with Gasteiger partial charge in [-0.3, -0.25) is 14.6 Å². The maximum atomic E-state index is 13.3. The number of likely N-dealkylation sites (tertiary alicyclic amines) is 1. The molecule has 2 saturated heterocycles. The second-order valence-corrected chi connectivity index (χ2v) is 11.2. The van der Waals surface area contributed by atoms with Crippen LogP contribution < -0.4 is 5.32 Å². The molecule has 2 aliphatic rings. The first-order valence-corrected chi connectivity index (χ1v) is 15.1. The predicted molar refractivity (Wildman–Crippen MR) is 160 cm³/mol. The number of nitrogens with one attached hydrogen (secondary N) is 1. The highest BCUT2D eigenvalue weighted by Crippen LogP contribution is 2.37. The zero-order valence-corrected chi connectivity index (χ0v) is 23.6. The number of thiazole rings is 1. The molecule has 1 N–H and O–H groups in total. The quantitative estimate of drug-likeness (QED) is 0.284. The van der Waals surface area contributed by atoms with Gasteiger partial charge in [-0.25, -0.2) is 4.98 Å². The molecule has 0 bridgehead atoms. The number of benzene rings is 2. The molecule has 6 rings (SSSR count). The van der Waals surface area contributed by atoms with Crippen LogP contribution in [0.25, 0.3) is 21.7 Å². The van der Waals surface area contributed by atoms with E-state index >= 15 is 0 Å². The summed E-state index contributed by atoms with van der Waals surface area (Å²) in [6.07, 6.45) is 13.2. The number of nitrogens with zero attached hydrogens (tertiary/aromatic N) is 3. The largest absolute Gasteiger partial charge is 0.356 e. The van der Waals surface area contributed by atoms with Crippen LogP contribution in [-0.2, 0) is 16.1 Å². The maximum Gasteiger partial charge on any atom is 0.223 e. The molecule has 0 aliphatic carbocycles. The lowest BCUT2D eigenvalue weighted by atomic mass is 9.92. The molecular formula is C33H36N4O2S. The number of carbonyl (C=O) groups excluding carboxylic acids is 2. The van der Waals surface area contributed by atoms with E-state index in [1.165, 1.54) is 17.5 Å². The Morgan fingerprint density at radius 3 is 2.55 bits per heavy atom. The van der Waals surface area contributed by atoms with Crippen molar-refractivity contribution in [3.63, 3.8) is 0 Å². The van der Waals surface area contributed by atoms with Crippen LogP contribution in [0, 0.1) is 0 Å². The molecule has 4 aromatic rings. The van der Waals surface area contributed by atoms with Gasteiger partial charge in [0.2, 0.25) is 11.8 Å². The van der Waals surface area contributed by atoms with E-state index in [9.17, 15) is 9.59 Å². The van der Waals surface area contributed by atoms with Gasteiger partial charge < -0.3 is 10.2 Å². The first kappa shape index (κ1) is 27.7. The van der Waals surface area contributed by atoms with Crippen LogP contribution in [0.1, 0.15) is 68.5 Å². The molecule has 1 atom stereocenters. The van der Waals surface area contributed by atoms with E-state index in [2.05, 4.69) is 68.7 Å². The van der Waals surface area contributed by atoms with E-state index < -0.39 is 0 Å². The number of hydrogen-bond acceptors (Lipinski definition) is 5. The van der Waals surface area contributed by atoms with E-state index in [1.54, 1.807) is 11.3 Å². The lowest BCUT2D eigenvalue weighted by Crippen LogP contribution is -2.33. The van der Waals surface area contributed by atoms with Crippen molar-refractivity contribution in [1.29, 1.82) is 0 Å². The molecule has 2 amide bonds. The highest BCUT2D eigenvalue weighted by Gasteiger charge is 2.29. The molecule has 2 aliphatic heterocycles. The summed E-state index contributed by atoms with van der Waals surface area (Å²) in [6, 6.07) is 21.0. The molecule has 2 fully saturated rings. The fourth-order valence-electron chi connectivity index (χ4n) is 5.46. The zero-order chi connectivity index (χ0) is 27.6. The van der Waals surface area contributed by atoms with Crippen molar-refractivity contribution in [3.8, 4) is 21.7 Å². The van der Waals surface area contributed by atoms with E-state index in [0.717, 1.165) is 66.8 Å². The number of amides is 2. The Balaban J connectivity index is 0.000000348. The Morgan fingerprint density at radius 2 is 1.70 bits per heavy atom. The van der Waals surface area contributed by atoms with Gasteiger partial charge in [0.1, 0.15) is 5.01 Å². The zero-order valence-electron chi connectivity index (χ0n) is 22.8. The number of pyridine rings is 1. The highest BCUT2D eigenvalue weighted by molar-refractivity contribution is 7.13. The van der Waals surface area contributed by atoms with Gasteiger partial charge in [-0.15, -0.1) is 11.3 Å². The Labute approximate surface area is 240 Å². The second-order valence-electron chi connectivity index (χ2n) is 10.3. The van der Waals surface area contributed by atoms with E-state index in [0.29, 0.717) is 13.0 Å². The van der Waals surface area contributed by atoms with Crippen molar-refractivity contribution in [1.82, 2.24) is 20.2 Å². The summed E-state index contributed by atoms with van der Waals surface area (Å²) in [5.41, 5.74) is 5.77. The summed E-state index contributed by atoms with van der Waals surface area (Å²) < 4.78 is 0. The molecule has 40 heavy (non-hydrogen) atoms. The van der Waals surface area contributed by atoms with Gasteiger partial charge in [0.15, 0.2) is 0 Å². The van der Waals surface area contributed by atoms with Crippen LogP contribution in [0.5, 0.6) is 0 Å². The fraction of sp³-hybridized carbons (Fsp3) is 0.333. The van der Waals surface area contributed by atoms with Crippen molar-refractivity contribution < 1.29 is 9.59 Å². The molecule has 1 unspecified atom stereocenters. The normalized spacial score (nSPS) is 17.7. The Hall–Kier alpha value is -3.84. The lowest BCUT2D eigenvalue weighted by Gasteiger charge is -2.32. The molecule has 206 valence electrons. The molecule has 2 aromatic carbocycles. The summed E-state index contributed by atoms with van der Waals surface area (Å²) in [5.74, 6) is 0.458. The molecule has 0 saturated carbocycles. The summed E-state index contributed by atoms with van der Waals surface area (Å²) >= 11 is 1.63. The van der Waals surface area contributed by atoms with Crippen LogP contribution in [0.15, 0.2) is 84.6 Å². The van der Waals surface area contributed by atoms with Crippen LogP contribution in [0.4, 0.5) is 0 Å². The van der Waals surface area contributed by atoms with Gasteiger partial charge in [0.25, 0.3) is 0 Å². The van der Waals surface area contributed by atoms with Crippen molar-refractivity contribution >= 4 is 23.2 Å². The summed E-state index contributed by atoms with van der Waals surface area (Å²) in [7, 11) is 0. The smallest absolute Gasteiger partial charge is 0.223 e. The van der Waals surface area contributed by atoms with Crippen molar-refractivity contribution in [2.45, 2.75) is 64.0 Å². The van der Waals surface area contributed by atoms with Gasteiger partial charge >= 0.3 is 0 Å². The van der Waals surface area contributed by atoms with Crippen molar-refractivity contribution in [2.24, 2.45) is 0 Å². The second kappa shape index (κ2) is 14.0. The van der Waals surface area contributed by atoms with Gasteiger partial charge in [-0.05, 0) is 66.1 Å². The fourth-order valence-corrected chi connectivity index (χ4v) is 6.10. The lowest BCUT2D eigenvalue weighted by molar-refractivity contribution is -0.133. The maximum absolute atomic E-state index is 13.3. The summed E-state index contributed by atoms with van der Waals surface area (Å²) in [6.45, 7) is 1.49. The Morgan fingerprint density at radius 1 is 0.850 bits per heavy atom. The Kier molecular flexibility index (Phi) is 9.69. The van der Waals surface area contributed by atoms with Gasteiger partial charge in [-0.2, -0.15) is 0 Å². The average Bonchev–Trinajstić information content (AvgIpc) is 3.36. The third-order valence-electron chi connectivity index (χ3n) is 7.49. The van der Waals surface area contributed by atoms with Gasteiger partial charge in [0, 0.05) is 55.5 Å². The monoisotopic (exact) mass is 552 g/mol. The van der Waals surface area contributed by atoms with E-state index in [4.69, 9.17) is 0 Å². The minimum atomic E-state index is 0.0536. The number of rotatable bonds is 5. The van der Waals surface area contributed by atoms with E-state index in [1.807, 2.05) is 36.1 Å². The minimum Gasteiger partial charge on any atom is -0.356 e. The first-order valence-electron chi connectivity index (χ1n) is 14.2. The Bertz CT molecular complexity index is 1380. The molecule has 0 radical (unpaired) electrons. The first-order chi connectivity index (χ1) is 19.7.